The second-order valence-electron chi connectivity index (χ2n) is 5.61. The molecular formula is C18H14ClF3N2OS. The van der Waals surface area contributed by atoms with Gasteiger partial charge in [0.25, 0.3) is 5.91 Å². The third kappa shape index (κ3) is 4.40. The van der Waals surface area contributed by atoms with Crippen molar-refractivity contribution < 1.29 is 18.0 Å². The minimum Gasteiger partial charge on any atom is -0.286 e. The summed E-state index contributed by atoms with van der Waals surface area (Å²) in [6, 6.07) is 11.7. The van der Waals surface area contributed by atoms with Crippen molar-refractivity contribution >= 4 is 34.4 Å². The second kappa shape index (κ2) is 7.72. The number of rotatable bonds is 3. The van der Waals surface area contributed by atoms with Crippen molar-refractivity contribution in [1.29, 1.82) is 0 Å². The van der Waals surface area contributed by atoms with Crippen LogP contribution >= 0.6 is 23.4 Å². The lowest BCUT2D eigenvalue weighted by Crippen LogP contribution is -2.32. The first-order valence-corrected chi connectivity index (χ1v) is 9.12. The number of carbonyl (C=O) groups is 1. The number of aliphatic imine (C=N–C) groups is 1. The van der Waals surface area contributed by atoms with Gasteiger partial charge in [-0.3, -0.25) is 14.7 Å². The lowest BCUT2D eigenvalue weighted by Gasteiger charge is -2.18. The number of thioether (sulfide) groups is 1. The monoisotopic (exact) mass is 398 g/mol. The minimum atomic E-state index is -4.35. The Kier molecular flexibility index (Phi) is 5.58. The van der Waals surface area contributed by atoms with Crippen LogP contribution in [0.2, 0.25) is 5.02 Å². The molecular weight excluding hydrogens is 385 g/mol. The van der Waals surface area contributed by atoms with Gasteiger partial charge in [0.05, 0.1) is 12.1 Å². The average Bonchev–Trinajstić information content (AvgIpc) is 3.07. The third-order valence-corrected chi connectivity index (χ3v) is 5.09. The number of alkyl halides is 3. The van der Waals surface area contributed by atoms with Crippen LogP contribution in [0.1, 0.15) is 21.5 Å². The van der Waals surface area contributed by atoms with Crippen molar-refractivity contribution in [3.05, 3.63) is 70.2 Å². The molecule has 1 aliphatic heterocycles. The van der Waals surface area contributed by atoms with Crippen LogP contribution in [0.15, 0.2) is 53.5 Å². The number of benzene rings is 2. The van der Waals surface area contributed by atoms with Crippen LogP contribution in [-0.2, 0) is 11.9 Å². The molecule has 0 aliphatic carbocycles. The average molecular weight is 399 g/mol. The highest BCUT2D eigenvalue weighted by atomic mass is 35.5. The Morgan fingerprint density at radius 1 is 1.19 bits per heavy atom. The number of amides is 1. The fraction of sp³-hybridized carbons (Fsp3) is 0.222. The molecule has 2 aromatic carbocycles. The highest BCUT2D eigenvalue weighted by Gasteiger charge is 2.30. The summed E-state index contributed by atoms with van der Waals surface area (Å²) in [5.41, 5.74) is 0.525. The zero-order chi connectivity index (χ0) is 18.7. The van der Waals surface area contributed by atoms with Gasteiger partial charge in [0, 0.05) is 22.9 Å². The topological polar surface area (TPSA) is 32.7 Å². The largest absolute Gasteiger partial charge is 0.416 e. The van der Waals surface area contributed by atoms with Gasteiger partial charge in [-0.15, -0.1) is 0 Å². The molecule has 1 amide bonds. The first kappa shape index (κ1) is 18.8. The van der Waals surface area contributed by atoms with E-state index in [4.69, 9.17) is 11.6 Å². The number of halogens is 4. The smallest absolute Gasteiger partial charge is 0.286 e. The van der Waals surface area contributed by atoms with Crippen LogP contribution in [0.3, 0.4) is 0 Å². The maximum atomic E-state index is 12.6. The molecule has 0 aromatic heterocycles. The molecule has 3 nitrogen and oxygen atoms in total. The predicted molar refractivity (Wildman–Crippen MR) is 97.5 cm³/mol. The van der Waals surface area contributed by atoms with Crippen molar-refractivity contribution in [1.82, 2.24) is 4.90 Å². The standard InChI is InChI=1S/C18H14ClF3N2OS/c19-15-3-1-2-13(10-15)16(25)24-9-8-23-17(24)26-11-12-4-6-14(7-5-12)18(20,21)22/h1-7,10H,8-9,11H2. The molecule has 2 aromatic rings. The maximum Gasteiger partial charge on any atom is 0.416 e. The fourth-order valence-corrected chi connectivity index (χ4v) is 3.64. The number of carbonyl (C=O) groups excluding carboxylic acids is 1. The minimum absolute atomic E-state index is 0.191. The van der Waals surface area contributed by atoms with Gasteiger partial charge in [0.2, 0.25) is 0 Å². The molecule has 0 atom stereocenters. The highest BCUT2D eigenvalue weighted by Crippen LogP contribution is 2.30. The normalized spacial score (nSPS) is 14.5. The van der Waals surface area contributed by atoms with Crippen LogP contribution in [0.5, 0.6) is 0 Å². The molecule has 0 saturated heterocycles. The van der Waals surface area contributed by atoms with E-state index in [0.717, 1.165) is 17.7 Å². The van der Waals surface area contributed by atoms with Crippen LogP contribution < -0.4 is 0 Å². The Bertz CT molecular complexity index is 837. The van der Waals surface area contributed by atoms with E-state index in [1.54, 1.807) is 29.2 Å². The summed E-state index contributed by atoms with van der Waals surface area (Å²) in [6.45, 7) is 0.975. The molecule has 0 N–H and O–H groups in total. The van der Waals surface area contributed by atoms with E-state index in [2.05, 4.69) is 4.99 Å². The van der Waals surface area contributed by atoms with Crippen LogP contribution in [-0.4, -0.2) is 29.1 Å². The first-order chi connectivity index (χ1) is 12.3. The van der Waals surface area contributed by atoms with E-state index < -0.39 is 11.7 Å². The Balaban J connectivity index is 1.65. The fourth-order valence-electron chi connectivity index (χ4n) is 2.45. The molecule has 26 heavy (non-hydrogen) atoms. The van der Waals surface area contributed by atoms with Crippen molar-refractivity contribution in [2.45, 2.75) is 11.9 Å². The van der Waals surface area contributed by atoms with Crippen molar-refractivity contribution in [2.24, 2.45) is 4.99 Å². The first-order valence-electron chi connectivity index (χ1n) is 7.75. The van der Waals surface area contributed by atoms with Gasteiger partial charge in [-0.2, -0.15) is 13.2 Å². The molecule has 0 unspecified atom stereocenters. The van der Waals surface area contributed by atoms with Gasteiger partial charge in [-0.05, 0) is 35.9 Å². The summed E-state index contributed by atoms with van der Waals surface area (Å²) in [5.74, 6) is 0.236. The van der Waals surface area contributed by atoms with E-state index in [-0.39, 0.29) is 5.91 Å². The molecule has 0 fully saturated rings. The van der Waals surface area contributed by atoms with Crippen LogP contribution in [0, 0.1) is 0 Å². The summed E-state index contributed by atoms with van der Waals surface area (Å²) in [5, 5.41) is 1.04. The summed E-state index contributed by atoms with van der Waals surface area (Å²) in [4.78, 5) is 18.5. The summed E-state index contributed by atoms with van der Waals surface area (Å²) < 4.78 is 37.8. The molecule has 3 rings (SSSR count). The third-order valence-electron chi connectivity index (χ3n) is 3.77. The van der Waals surface area contributed by atoms with Crippen LogP contribution in [0.25, 0.3) is 0 Å². The Labute approximate surface area is 157 Å². The van der Waals surface area contributed by atoms with Crippen molar-refractivity contribution in [2.75, 3.05) is 13.1 Å². The molecule has 0 radical (unpaired) electrons. The van der Waals surface area contributed by atoms with E-state index in [1.807, 2.05) is 0 Å². The summed E-state index contributed by atoms with van der Waals surface area (Å²) in [7, 11) is 0. The number of hydrogen-bond acceptors (Lipinski definition) is 3. The molecule has 1 heterocycles. The highest BCUT2D eigenvalue weighted by molar-refractivity contribution is 8.13. The zero-order valence-corrected chi connectivity index (χ0v) is 15.0. The van der Waals surface area contributed by atoms with Crippen molar-refractivity contribution in [3.63, 3.8) is 0 Å². The number of amidine groups is 1. The van der Waals surface area contributed by atoms with Crippen molar-refractivity contribution in [3.8, 4) is 0 Å². The Morgan fingerprint density at radius 2 is 1.92 bits per heavy atom. The summed E-state index contributed by atoms with van der Waals surface area (Å²) in [6.07, 6.45) is -4.35. The van der Waals surface area contributed by atoms with E-state index in [9.17, 15) is 18.0 Å². The summed E-state index contributed by atoms with van der Waals surface area (Å²) >= 11 is 7.26. The molecule has 0 bridgehead atoms. The SMILES string of the molecule is O=C(c1cccc(Cl)c1)N1CCN=C1SCc1ccc(C(F)(F)F)cc1. The molecule has 8 heteroatoms. The molecule has 0 saturated carbocycles. The van der Waals surface area contributed by atoms with Crippen LogP contribution in [0.4, 0.5) is 13.2 Å². The quantitative estimate of drug-likeness (QED) is 0.720. The van der Waals surface area contributed by atoms with Gasteiger partial charge >= 0.3 is 6.18 Å². The molecule has 1 aliphatic rings. The Morgan fingerprint density at radius 3 is 2.58 bits per heavy atom. The number of hydrogen-bond donors (Lipinski definition) is 0. The van der Waals surface area contributed by atoms with Gasteiger partial charge in [0.15, 0.2) is 5.17 Å². The van der Waals surface area contributed by atoms with E-state index >= 15 is 0 Å². The van der Waals surface area contributed by atoms with Gasteiger partial charge in [0.1, 0.15) is 0 Å². The number of nitrogens with zero attached hydrogens (tertiary/aromatic N) is 2. The lowest BCUT2D eigenvalue weighted by atomic mass is 10.1. The van der Waals surface area contributed by atoms with Gasteiger partial charge in [-0.1, -0.05) is 41.6 Å². The van der Waals surface area contributed by atoms with Gasteiger partial charge < -0.3 is 0 Å². The maximum absolute atomic E-state index is 12.6. The van der Waals surface area contributed by atoms with E-state index in [0.29, 0.717) is 34.6 Å². The molecule has 136 valence electrons. The zero-order valence-electron chi connectivity index (χ0n) is 13.5. The predicted octanol–water partition coefficient (Wildman–Crippen LogP) is 5.10. The lowest BCUT2D eigenvalue weighted by molar-refractivity contribution is -0.137. The second-order valence-corrected chi connectivity index (χ2v) is 6.99. The van der Waals surface area contributed by atoms with Gasteiger partial charge in [-0.25, -0.2) is 0 Å². The van der Waals surface area contributed by atoms with E-state index in [1.165, 1.54) is 23.9 Å². The Hall–Kier alpha value is -1.99. The molecule has 0 spiro atoms.